The number of rotatable bonds is 6. The predicted molar refractivity (Wildman–Crippen MR) is 151 cm³/mol. The van der Waals surface area contributed by atoms with Crippen molar-refractivity contribution in [3.05, 3.63) is 75.4 Å². The van der Waals surface area contributed by atoms with E-state index < -0.39 is 0 Å². The molecule has 2 aromatic carbocycles. The van der Waals surface area contributed by atoms with Gasteiger partial charge in [0.1, 0.15) is 0 Å². The lowest BCUT2D eigenvalue weighted by Crippen LogP contribution is -2.37. The van der Waals surface area contributed by atoms with Crippen molar-refractivity contribution in [1.82, 2.24) is 15.1 Å². The van der Waals surface area contributed by atoms with Gasteiger partial charge in [-0.3, -0.25) is 4.79 Å². The first-order valence-electron chi connectivity index (χ1n) is 12.8. The molecule has 37 heavy (non-hydrogen) atoms. The van der Waals surface area contributed by atoms with Gasteiger partial charge in [0.15, 0.2) is 11.5 Å². The quantitative estimate of drug-likeness (QED) is 0.397. The average molecular weight is 540 g/mol. The van der Waals surface area contributed by atoms with Gasteiger partial charge in [-0.2, -0.15) is 0 Å². The molecule has 3 heterocycles. The fourth-order valence-electron chi connectivity index (χ4n) is 5.11. The Kier molecular flexibility index (Phi) is 7.84. The zero-order chi connectivity index (χ0) is 25.9. The minimum Gasteiger partial charge on any atom is -0.365 e. The Bertz CT molecular complexity index is 1260. The summed E-state index contributed by atoms with van der Waals surface area (Å²) < 4.78 is 0. The van der Waals surface area contributed by atoms with Crippen LogP contribution in [0.5, 0.6) is 0 Å². The molecule has 1 saturated heterocycles. The number of hydrogen-bond acceptors (Lipinski definition) is 6. The summed E-state index contributed by atoms with van der Waals surface area (Å²) in [6, 6.07) is 16.0. The molecule has 1 amide bonds. The molecular formula is C28H32Cl2N6O. The predicted octanol–water partition coefficient (Wildman–Crippen LogP) is 6.06. The van der Waals surface area contributed by atoms with E-state index in [4.69, 9.17) is 23.2 Å². The van der Waals surface area contributed by atoms with Crippen LogP contribution in [0.15, 0.2) is 48.5 Å². The number of piperidine rings is 1. The molecule has 0 atom stereocenters. The second kappa shape index (κ2) is 11.3. The molecule has 3 aromatic rings. The summed E-state index contributed by atoms with van der Waals surface area (Å²) in [5.74, 6) is 0.922. The van der Waals surface area contributed by atoms with E-state index in [1.54, 1.807) is 18.2 Å². The second-order valence-electron chi connectivity index (χ2n) is 10.0. The topological polar surface area (TPSA) is 73.4 Å². The van der Waals surface area contributed by atoms with Crippen molar-refractivity contribution >= 4 is 46.3 Å². The standard InChI is InChI=1S/C28H32Cl2N6O/c1-18(2)35-12-9-20(10-13-35)19-3-6-23(7-4-19)32-28(37)25-16-26-27(34-33-25)31-11-14-36(26)17-21-15-22(29)5-8-24(21)30/h3-8,15-16,18,20H,9-14,17H2,1-2H3,(H,31,34)(H,32,37). The average Bonchev–Trinajstić information content (AvgIpc) is 2.91. The third-order valence-corrected chi connectivity index (χ3v) is 7.89. The minimum absolute atomic E-state index is 0.259. The maximum atomic E-state index is 13.1. The van der Waals surface area contributed by atoms with Crippen LogP contribution in [0.1, 0.15) is 54.2 Å². The van der Waals surface area contributed by atoms with Crippen LogP contribution in [0.2, 0.25) is 10.0 Å². The fraction of sp³-hybridized carbons (Fsp3) is 0.393. The van der Waals surface area contributed by atoms with E-state index in [1.165, 1.54) is 18.4 Å². The maximum Gasteiger partial charge on any atom is 0.276 e. The number of nitrogens with one attached hydrogen (secondary N) is 2. The Labute approximate surface area is 228 Å². The van der Waals surface area contributed by atoms with Crippen molar-refractivity contribution in [1.29, 1.82) is 0 Å². The van der Waals surface area contributed by atoms with E-state index in [9.17, 15) is 4.79 Å². The molecule has 0 spiro atoms. The van der Waals surface area contributed by atoms with Crippen molar-refractivity contribution < 1.29 is 4.79 Å². The second-order valence-corrected chi connectivity index (χ2v) is 10.9. The summed E-state index contributed by atoms with van der Waals surface area (Å²) in [5, 5.41) is 16.0. The highest BCUT2D eigenvalue weighted by molar-refractivity contribution is 6.33. The van der Waals surface area contributed by atoms with Gasteiger partial charge in [0.05, 0.1) is 5.69 Å². The van der Waals surface area contributed by atoms with Crippen LogP contribution < -0.4 is 15.5 Å². The van der Waals surface area contributed by atoms with Crippen molar-refractivity contribution in [3.63, 3.8) is 0 Å². The molecule has 0 aliphatic carbocycles. The number of halogens is 2. The van der Waals surface area contributed by atoms with Crippen molar-refractivity contribution in [2.24, 2.45) is 0 Å². The van der Waals surface area contributed by atoms with Gasteiger partial charge in [-0.25, -0.2) is 0 Å². The van der Waals surface area contributed by atoms with Crippen molar-refractivity contribution in [2.45, 2.75) is 45.2 Å². The van der Waals surface area contributed by atoms with E-state index in [1.807, 2.05) is 18.2 Å². The first kappa shape index (κ1) is 25.8. The Hall–Kier alpha value is -2.87. The molecule has 1 aromatic heterocycles. The lowest BCUT2D eigenvalue weighted by molar-refractivity contribution is 0.102. The van der Waals surface area contributed by atoms with Crippen LogP contribution in [0.25, 0.3) is 0 Å². The fourth-order valence-corrected chi connectivity index (χ4v) is 5.48. The van der Waals surface area contributed by atoms with Crippen LogP contribution in [0.4, 0.5) is 17.2 Å². The first-order chi connectivity index (χ1) is 17.9. The molecule has 0 bridgehead atoms. The van der Waals surface area contributed by atoms with Gasteiger partial charge in [0.2, 0.25) is 0 Å². The lowest BCUT2D eigenvalue weighted by atomic mass is 9.89. The number of fused-ring (bicyclic) bond motifs is 1. The Morgan fingerprint density at radius 3 is 2.54 bits per heavy atom. The molecule has 1 fully saturated rings. The highest BCUT2D eigenvalue weighted by Gasteiger charge is 2.24. The highest BCUT2D eigenvalue weighted by atomic mass is 35.5. The SMILES string of the molecule is CC(C)N1CCC(c2ccc(NC(=O)c3cc4c(nn3)NCCN4Cc3cc(Cl)ccc3Cl)cc2)CC1. The van der Waals surface area contributed by atoms with E-state index in [2.05, 4.69) is 56.6 Å². The number of amides is 1. The van der Waals surface area contributed by atoms with Crippen LogP contribution in [0, 0.1) is 0 Å². The number of carbonyl (C=O) groups excluding carboxylic acids is 1. The Morgan fingerprint density at radius 1 is 1.05 bits per heavy atom. The molecule has 5 rings (SSSR count). The molecule has 194 valence electrons. The Morgan fingerprint density at radius 2 is 1.81 bits per heavy atom. The van der Waals surface area contributed by atoms with Crippen LogP contribution in [-0.4, -0.2) is 53.2 Å². The number of aromatic nitrogens is 2. The molecule has 9 heteroatoms. The van der Waals surface area contributed by atoms with Gasteiger partial charge in [-0.15, -0.1) is 10.2 Å². The summed E-state index contributed by atoms with van der Waals surface area (Å²) >= 11 is 12.6. The maximum absolute atomic E-state index is 13.1. The number of nitrogens with zero attached hydrogens (tertiary/aromatic N) is 4. The van der Waals surface area contributed by atoms with Crippen LogP contribution in [0.3, 0.4) is 0 Å². The molecule has 0 radical (unpaired) electrons. The van der Waals surface area contributed by atoms with E-state index in [0.717, 1.165) is 36.6 Å². The largest absolute Gasteiger partial charge is 0.365 e. The number of likely N-dealkylation sites (tertiary alicyclic amines) is 1. The van der Waals surface area contributed by atoms with Gasteiger partial charge in [-0.05, 0) is 93.2 Å². The minimum atomic E-state index is -0.292. The zero-order valence-corrected chi connectivity index (χ0v) is 22.7. The smallest absolute Gasteiger partial charge is 0.276 e. The number of carbonyl (C=O) groups is 1. The highest BCUT2D eigenvalue weighted by Crippen LogP contribution is 2.32. The third kappa shape index (κ3) is 6.00. The van der Waals surface area contributed by atoms with Gasteiger partial charge in [0.25, 0.3) is 5.91 Å². The number of anilines is 3. The first-order valence-corrected chi connectivity index (χ1v) is 13.6. The van der Waals surface area contributed by atoms with Gasteiger partial charge in [-0.1, -0.05) is 35.3 Å². The summed E-state index contributed by atoms with van der Waals surface area (Å²) in [7, 11) is 0. The normalized spacial score (nSPS) is 16.4. The summed E-state index contributed by atoms with van der Waals surface area (Å²) in [5.41, 5.74) is 4.06. The summed E-state index contributed by atoms with van der Waals surface area (Å²) in [6.45, 7) is 8.79. The van der Waals surface area contributed by atoms with Gasteiger partial charge < -0.3 is 20.4 Å². The van der Waals surface area contributed by atoms with E-state index >= 15 is 0 Å². The summed E-state index contributed by atoms with van der Waals surface area (Å²) in [6.07, 6.45) is 2.33. The Balaban J connectivity index is 1.26. The van der Waals surface area contributed by atoms with E-state index in [0.29, 0.717) is 40.9 Å². The van der Waals surface area contributed by atoms with Crippen molar-refractivity contribution in [3.8, 4) is 0 Å². The molecule has 0 unspecified atom stereocenters. The van der Waals surface area contributed by atoms with Gasteiger partial charge >= 0.3 is 0 Å². The molecule has 0 saturated carbocycles. The number of hydrogen-bond donors (Lipinski definition) is 2. The molecular weight excluding hydrogens is 507 g/mol. The van der Waals surface area contributed by atoms with Crippen LogP contribution in [-0.2, 0) is 6.54 Å². The van der Waals surface area contributed by atoms with Gasteiger partial charge in [0, 0.05) is 41.4 Å². The monoisotopic (exact) mass is 538 g/mol. The van der Waals surface area contributed by atoms with E-state index in [-0.39, 0.29) is 11.6 Å². The lowest BCUT2D eigenvalue weighted by Gasteiger charge is -2.34. The molecule has 7 nitrogen and oxygen atoms in total. The molecule has 2 aliphatic rings. The third-order valence-electron chi connectivity index (χ3n) is 7.29. The number of benzene rings is 2. The van der Waals surface area contributed by atoms with Crippen molar-refractivity contribution in [2.75, 3.05) is 41.7 Å². The molecule has 2 N–H and O–H groups in total. The van der Waals surface area contributed by atoms with Crippen LogP contribution >= 0.6 is 23.2 Å². The summed E-state index contributed by atoms with van der Waals surface area (Å²) in [4.78, 5) is 17.7. The molecule has 2 aliphatic heterocycles. The zero-order valence-electron chi connectivity index (χ0n) is 21.2.